The van der Waals surface area contributed by atoms with Crippen LogP contribution in [0.2, 0.25) is 0 Å². The van der Waals surface area contributed by atoms with Crippen LogP contribution in [0.3, 0.4) is 0 Å². The van der Waals surface area contributed by atoms with E-state index in [0.717, 1.165) is 10.2 Å². The van der Waals surface area contributed by atoms with Crippen molar-refractivity contribution < 1.29 is 5.11 Å². The molecule has 2 nitrogen and oxygen atoms in total. The topological polar surface area (TPSA) is 33.1 Å². The van der Waals surface area contributed by atoms with Gasteiger partial charge in [-0.25, -0.2) is 4.98 Å². The molecule has 0 fully saturated rings. The molecule has 3 heteroatoms. The van der Waals surface area contributed by atoms with E-state index in [2.05, 4.69) is 32.8 Å². The van der Waals surface area contributed by atoms with E-state index in [-0.39, 0.29) is 0 Å². The first-order valence-corrected chi connectivity index (χ1v) is 4.64. The first-order valence-electron chi connectivity index (χ1n) is 3.84. The Labute approximate surface area is 86.1 Å². The molecule has 0 atom stereocenters. The molecule has 1 heterocycles. The molecule has 0 spiro atoms. The monoisotopic (exact) mass is 239 g/mol. The van der Waals surface area contributed by atoms with E-state index in [1.165, 1.54) is 0 Å². The van der Waals surface area contributed by atoms with Crippen molar-refractivity contribution in [2.45, 2.75) is 19.4 Å². The molecule has 1 rings (SSSR count). The van der Waals surface area contributed by atoms with E-state index in [9.17, 15) is 5.11 Å². The molecule has 0 saturated carbocycles. The predicted octanol–water partition coefficient (Wildman–Crippen LogP) is 1.97. The van der Waals surface area contributed by atoms with Gasteiger partial charge in [0.05, 0.1) is 0 Å². The van der Waals surface area contributed by atoms with Crippen molar-refractivity contribution in [3.05, 3.63) is 28.5 Å². The SMILES string of the molecule is CC(C)(O)C#Cc1ccnc(Br)c1. The number of nitrogens with zero attached hydrogens (tertiary/aromatic N) is 1. The Kier molecular flexibility index (Phi) is 3.07. The number of rotatable bonds is 0. The largest absolute Gasteiger partial charge is 0.378 e. The second-order valence-electron chi connectivity index (χ2n) is 3.18. The molecule has 1 N–H and O–H groups in total. The molecular weight excluding hydrogens is 230 g/mol. The molecule has 0 aliphatic carbocycles. The number of halogens is 1. The molecule has 0 radical (unpaired) electrons. The highest BCUT2D eigenvalue weighted by atomic mass is 79.9. The van der Waals surface area contributed by atoms with Crippen molar-refractivity contribution in [3.8, 4) is 11.8 Å². The molecule has 13 heavy (non-hydrogen) atoms. The van der Waals surface area contributed by atoms with Gasteiger partial charge in [-0.05, 0) is 41.9 Å². The smallest absolute Gasteiger partial charge is 0.120 e. The zero-order chi connectivity index (χ0) is 9.90. The quantitative estimate of drug-likeness (QED) is 0.555. The molecule has 1 aromatic heterocycles. The van der Waals surface area contributed by atoms with Crippen molar-refractivity contribution in [2.24, 2.45) is 0 Å². The second kappa shape index (κ2) is 3.91. The fourth-order valence-corrected chi connectivity index (χ4v) is 1.07. The highest BCUT2D eigenvalue weighted by Crippen LogP contribution is 2.07. The van der Waals surface area contributed by atoms with E-state index >= 15 is 0 Å². The third kappa shape index (κ3) is 4.07. The minimum atomic E-state index is -0.949. The van der Waals surface area contributed by atoms with Crippen LogP contribution in [0.15, 0.2) is 22.9 Å². The summed E-state index contributed by atoms with van der Waals surface area (Å²) in [4.78, 5) is 3.97. The van der Waals surface area contributed by atoms with Crippen molar-refractivity contribution in [3.63, 3.8) is 0 Å². The number of aromatic nitrogens is 1. The summed E-state index contributed by atoms with van der Waals surface area (Å²) in [5, 5.41) is 9.35. The first-order chi connectivity index (χ1) is 5.97. The van der Waals surface area contributed by atoms with Gasteiger partial charge in [0.1, 0.15) is 10.2 Å². The lowest BCUT2D eigenvalue weighted by Gasteiger charge is -2.05. The van der Waals surface area contributed by atoms with Crippen molar-refractivity contribution in [1.82, 2.24) is 4.98 Å². The summed E-state index contributed by atoms with van der Waals surface area (Å²) < 4.78 is 0.745. The first kappa shape index (κ1) is 10.2. The van der Waals surface area contributed by atoms with Gasteiger partial charge in [0, 0.05) is 11.8 Å². The molecule has 68 valence electrons. The van der Waals surface area contributed by atoms with Crippen LogP contribution in [-0.2, 0) is 0 Å². The van der Waals surface area contributed by atoms with Gasteiger partial charge in [-0.2, -0.15) is 0 Å². The minimum Gasteiger partial charge on any atom is -0.378 e. The zero-order valence-corrected chi connectivity index (χ0v) is 9.09. The summed E-state index contributed by atoms with van der Waals surface area (Å²) in [7, 11) is 0. The highest BCUT2D eigenvalue weighted by molar-refractivity contribution is 9.10. The van der Waals surface area contributed by atoms with Crippen LogP contribution in [0.1, 0.15) is 19.4 Å². The lowest BCUT2D eigenvalue weighted by molar-refractivity contribution is 0.143. The zero-order valence-electron chi connectivity index (χ0n) is 7.50. The molecular formula is C10H10BrNO. The summed E-state index contributed by atoms with van der Waals surface area (Å²) in [5.74, 6) is 5.58. The second-order valence-corrected chi connectivity index (χ2v) is 3.99. The number of hydrogen-bond donors (Lipinski definition) is 1. The van der Waals surface area contributed by atoms with Crippen LogP contribution >= 0.6 is 15.9 Å². The maximum Gasteiger partial charge on any atom is 0.120 e. The van der Waals surface area contributed by atoms with Crippen molar-refractivity contribution in [2.75, 3.05) is 0 Å². The van der Waals surface area contributed by atoms with Crippen LogP contribution < -0.4 is 0 Å². The molecule has 0 unspecified atom stereocenters. The Bertz CT molecular complexity index is 357. The average molecular weight is 240 g/mol. The Morgan fingerprint density at radius 3 is 2.77 bits per heavy atom. The maximum atomic E-state index is 9.35. The standard InChI is InChI=1S/C10H10BrNO/c1-10(2,13)5-3-8-4-6-12-9(11)7-8/h4,6-7,13H,1-2H3. The van der Waals surface area contributed by atoms with Gasteiger partial charge in [0.25, 0.3) is 0 Å². The predicted molar refractivity (Wildman–Crippen MR) is 55.1 cm³/mol. The van der Waals surface area contributed by atoms with Gasteiger partial charge in [-0.3, -0.25) is 0 Å². The van der Waals surface area contributed by atoms with E-state index in [0.29, 0.717) is 0 Å². The Balaban J connectivity index is 2.90. The molecule has 0 amide bonds. The third-order valence-corrected chi connectivity index (χ3v) is 1.67. The van der Waals surface area contributed by atoms with Crippen LogP contribution in [-0.4, -0.2) is 15.7 Å². The lowest BCUT2D eigenvalue weighted by atomic mass is 10.1. The van der Waals surface area contributed by atoms with Crippen molar-refractivity contribution >= 4 is 15.9 Å². The minimum absolute atomic E-state index is 0.745. The van der Waals surface area contributed by atoms with Gasteiger partial charge >= 0.3 is 0 Å². The lowest BCUT2D eigenvalue weighted by Crippen LogP contribution is -2.14. The fourth-order valence-electron chi connectivity index (χ4n) is 0.705. The number of hydrogen-bond acceptors (Lipinski definition) is 2. The van der Waals surface area contributed by atoms with Gasteiger partial charge in [-0.15, -0.1) is 0 Å². The Hall–Kier alpha value is -0.850. The van der Waals surface area contributed by atoms with Crippen LogP contribution in [0.25, 0.3) is 0 Å². The van der Waals surface area contributed by atoms with E-state index in [1.807, 2.05) is 0 Å². The summed E-state index contributed by atoms with van der Waals surface area (Å²) in [6.07, 6.45) is 1.67. The summed E-state index contributed by atoms with van der Waals surface area (Å²) in [6.45, 7) is 3.30. The molecule has 0 aromatic carbocycles. The highest BCUT2D eigenvalue weighted by Gasteiger charge is 2.05. The number of aliphatic hydroxyl groups is 1. The van der Waals surface area contributed by atoms with Gasteiger partial charge in [-0.1, -0.05) is 11.8 Å². The van der Waals surface area contributed by atoms with E-state index in [4.69, 9.17) is 0 Å². The molecule has 0 aliphatic heterocycles. The van der Waals surface area contributed by atoms with Crippen LogP contribution in [0, 0.1) is 11.8 Å². The molecule has 0 saturated heterocycles. The van der Waals surface area contributed by atoms with Gasteiger partial charge in [0.2, 0.25) is 0 Å². The van der Waals surface area contributed by atoms with Crippen LogP contribution in [0.5, 0.6) is 0 Å². The van der Waals surface area contributed by atoms with E-state index in [1.54, 1.807) is 32.2 Å². The number of pyridine rings is 1. The van der Waals surface area contributed by atoms with Gasteiger partial charge in [0.15, 0.2) is 0 Å². The fraction of sp³-hybridized carbons (Fsp3) is 0.300. The molecule has 0 aliphatic rings. The normalized spacial score (nSPS) is 10.5. The maximum absolute atomic E-state index is 9.35. The molecule has 1 aromatic rings. The van der Waals surface area contributed by atoms with E-state index < -0.39 is 5.60 Å². The van der Waals surface area contributed by atoms with Crippen LogP contribution in [0.4, 0.5) is 0 Å². The summed E-state index contributed by atoms with van der Waals surface area (Å²) in [5.41, 5.74) is -0.112. The third-order valence-electron chi connectivity index (χ3n) is 1.24. The van der Waals surface area contributed by atoms with Gasteiger partial charge < -0.3 is 5.11 Å². The molecule has 0 bridgehead atoms. The summed E-state index contributed by atoms with van der Waals surface area (Å²) >= 11 is 3.24. The Morgan fingerprint density at radius 1 is 1.54 bits per heavy atom. The average Bonchev–Trinajstić information content (AvgIpc) is 2.00. The Morgan fingerprint density at radius 2 is 2.23 bits per heavy atom. The summed E-state index contributed by atoms with van der Waals surface area (Å²) in [6, 6.07) is 3.60. The van der Waals surface area contributed by atoms with Crippen molar-refractivity contribution in [1.29, 1.82) is 0 Å².